The average Bonchev–Trinajstić information content (AvgIpc) is 2.78. The molecular formula is C23H19BrClF3N2O4S. The lowest BCUT2D eigenvalue weighted by Gasteiger charge is -2.25. The number of nitrogens with zero attached hydrogens (tertiary/aromatic N) is 1. The number of hydrogen-bond acceptors (Lipinski definition) is 4. The van der Waals surface area contributed by atoms with E-state index in [1.54, 1.807) is 19.1 Å². The summed E-state index contributed by atoms with van der Waals surface area (Å²) in [6.45, 7) is 1.02. The first-order valence-corrected chi connectivity index (χ1v) is 12.5. The molecule has 0 aliphatic heterocycles. The number of carbonyl (C=O) groups is 1. The molecule has 0 saturated carbocycles. The number of methoxy groups -OCH3 is 1. The van der Waals surface area contributed by atoms with Crippen LogP contribution in [0.2, 0.25) is 5.02 Å². The number of rotatable bonds is 7. The molecule has 6 nitrogen and oxygen atoms in total. The Balaban J connectivity index is 2.00. The summed E-state index contributed by atoms with van der Waals surface area (Å²) in [5.74, 6) is -0.583. The quantitative estimate of drug-likeness (QED) is 0.351. The maximum absolute atomic E-state index is 13.5. The third-order valence-electron chi connectivity index (χ3n) is 4.88. The first kappa shape index (κ1) is 26.8. The van der Waals surface area contributed by atoms with Gasteiger partial charge >= 0.3 is 6.18 Å². The van der Waals surface area contributed by atoms with E-state index in [1.165, 1.54) is 43.5 Å². The van der Waals surface area contributed by atoms with Gasteiger partial charge in [0.25, 0.3) is 10.0 Å². The molecule has 0 spiro atoms. The molecule has 3 aromatic carbocycles. The van der Waals surface area contributed by atoms with Gasteiger partial charge in [-0.05, 0) is 71.4 Å². The van der Waals surface area contributed by atoms with Gasteiger partial charge in [-0.15, -0.1) is 0 Å². The zero-order valence-corrected chi connectivity index (χ0v) is 21.5. The zero-order valence-electron chi connectivity index (χ0n) is 18.4. The number of aryl methyl sites for hydroxylation is 1. The van der Waals surface area contributed by atoms with Gasteiger partial charge in [0.05, 0.1) is 33.4 Å². The van der Waals surface area contributed by atoms with Crippen LogP contribution < -0.4 is 14.4 Å². The molecule has 12 heteroatoms. The molecule has 0 heterocycles. The van der Waals surface area contributed by atoms with Gasteiger partial charge in [0, 0.05) is 5.02 Å². The maximum atomic E-state index is 13.5. The molecule has 1 amide bonds. The number of anilines is 2. The monoisotopic (exact) mass is 590 g/mol. The third-order valence-corrected chi connectivity index (χ3v) is 7.51. The first-order valence-electron chi connectivity index (χ1n) is 9.92. The van der Waals surface area contributed by atoms with Crippen LogP contribution in [0.5, 0.6) is 5.75 Å². The molecule has 0 aliphatic rings. The Morgan fingerprint density at radius 3 is 2.31 bits per heavy atom. The normalized spacial score (nSPS) is 11.7. The van der Waals surface area contributed by atoms with Crippen LogP contribution in [0.25, 0.3) is 0 Å². The van der Waals surface area contributed by atoms with Crippen LogP contribution in [0.4, 0.5) is 24.5 Å². The van der Waals surface area contributed by atoms with Crippen molar-refractivity contribution in [1.82, 2.24) is 0 Å². The van der Waals surface area contributed by atoms with Gasteiger partial charge in [-0.1, -0.05) is 29.3 Å². The molecule has 35 heavy (non-hydrogen) atoms. The largest absolute Gasteiger partial charge is 0.496 e. The molecule has 3 rings (SSSR count). The number of alkyl halides is 3. The first-order chi connectivity index (χ1) is 16.3. The standard InChI is InChI=1S/C23H19BrClF3N2O4S/c1-14-3-6-16(7-4-14)30(35(32,33)17-8-10-21(34-2)19(24)12-17)13-22(31)29-20-9-5-15(25)11-18(20)23(26,27)28/h3-12H,13H2,1-2H3,(H,29,31). The minimum absolute atomic E-state index is 0.152. The highest BCUT2D eigenvalue weighted by atomic mass is 79.9. The SMILES string of the molecule is COc1ccc(S(=O)(=O)N(CC(=O)Nc2ccc(Cl)cc2C(F)(F)F)c2ccc(C)cc2)cc1Br. The van der Waals surface area contributed by atoms with Gasteiger partial charge in [-0.2, -0.15) is 13.2 Å². The number of amides is 1. The number of carbonyl (C=O) groups excluding carboxylic acids is 1. The summed E-state index contributed by atoms with van der Waals surface area (Å²) in [4.78, 5) is 12.7. The zero-order chi connectivity index (χ0) is 26.0. The summed E-state index contributed by atoms with van der Waals surface area (Å²) in [6.07, 6.45) is -4.79. The van der Waals surface area contributed by atoms with E-state index in [0.29, 0.717) is 16.3 Å². The van der Waals surface area contributed by atoms with Crippen molar-refractivity contribution >= 4 is 54.8 Å². The van der Waals surface area contributed by atoms with Crippen LogP contribution in [0.15, 0.2) is 70.0 Å². The lowest BCUT2D eigenvalue weighted by atomic mass is 10.1. The van der Waals surface area contributed by atoms with Gasteiger partial charge in [-0.25, -0.2) is 8.42 Å². The lowest BCUT2D eigenvalue weighted by molar-refractivity contribution is -0.137. The predicted octanol–water partition coefficient (Wildman–Crippen LogP) is 6.27. The summed E-state index contributed by atoms with van der Waals surface area (Å²) >= 11 is 8.92. The van der Waals surface area contributed by atoms with Crippen LogP contribution >= 0.6 is 27.5 Å². The smallest absolute Gasteiger partial charge is 0.418 e. The third kappa shape index (κ3) is 6.28. The molecule has 0 aliphatic carbocycles. The Hall–Kier alpha value is -2.76. The van der Waals surface area contributed by atoms with Gasteiger partial charge in [0.15, 0.2) is 0 Å². The van der Waals surface area contributed by atoms with Crippen molar-refractivity contribution in [2.75, 3.05) is 23.3 Å². The van der Waals surface area contributed by atoms with E-state index in [9.17, 15) is 26.4 Å². The molecule has 0 unspecified atom stereocenters. The molecule has 0 atom stereocenters. The fourth-order valence-corrected chi connectivity index (χ4v) is 5.45. The van der Waals surface area contributed by atoms with Crippen LogP contribution in [0.1, 0.15) is 11.1 Å². The van der Waals surface area contributed by atoms with E-state index in [4.69, 9.17) is 16.3 Å². The number of ether oxygens (including phenoxy) is 1. The molecule has 0 saturated heterocycles. The van der Waals surface area contributed by atoms with Crippen molar-refractivity contribution in [2.45, 2.75) is 18.0 Å². The predicted molar refractivity (Wildman–Crippen MR) is 131 cm³/mol. The van der Waals surface area contributed by atoms with Crippen molar-refractivity contribution in [2.24, 2.45) is 0 Å². The second-order valence-corrected chi connectivity index (χ2v) is 10.5. The molecule has 3 aromatic rings. The fraction of sp³-hybridized carbons (Fsp3) is 0.174. The van der Waals surface area contributed by atoms with E-state index in [1.807, 2.05) is 0 Å². The van der Waals surface area contributed by atoms with Crippen LogP contribution in [0, 0.1) is 6.92 Å². The van der Waals surface area contributed by atoms with Crippen molar-refractivity contribution in [3.63, 3.8) is 0 Å². The van der Waals surface area contributed by atoms with E-state index in [2.05, 4.69) is 21.2 Å². The fourth-order valence-electron chi connectivity index (χ4n) is 3.14. The van der Waals surface area contributed by atoms with Crippen LogP contribution in [-0.4, -0.2) is 28.0 Å². The van der Waals surface area contributed by atoms with Crippen molar-refractivity contribution in [3.8, 4) is 5.75 Å². The topological polar surface area (TPSA) is 75.7 Å². The Bertz CT molecular complexity index is 1350. The van der Waals surface area contributed by atoms with Gasteiger partial charge < -0.3 is 10.1 Å². The Kier molecular flexibility index (Phi) is 8.03. The molecule has 0 aromatic heterocycles. The highest BCUT2D eigenvalue weighted by Crippen LogP contribution is 2.37. The highest BCUT2D eigenvalue weighted by molar-refractivity contribution is 9.10. The molecule has 0 fully saturated rings. The summed E-state index contributed by atoms with van der Waals surface area (Å²) in [6, 6.07) is 13.2. The summed E-state index contributed by atoms with van der Waals surface area (Å²) in [7, 11) is -2.88. The van der Waals surface area contributed by atoms with Crippen molar-refractivity contribution < 1.29 is 31.1 Å². The number of sulfonamides is 1. The Labute approximate surface area is 213 Å². The average molecular weight is 592 g/mol. The van der Waals surface area contributed by atoms with Crippen LogP contribution in [0.3, 0.4) is 0 Å². The second-order valence-electron chi connectivity index (χ2n) is 7.38. The minimum atomic E-state index is -4.79. The second kappa shape index (κ2) is 10.5. The number of halogens is 5. The van der Waals surface area contributed by atoms with E-state index >= 15 is 0 Å². The van der Waals surface area contributed by atoms with E-state index in [-0.39, 0.29) is 15.6 Å². The van der Waals surface area contributed by atoms with Crippen molar-refractivity contribution in [1.29, 1.82) is 0 Å². The van der Waals surface area contributed by atoms with Gasteiger partial charge in [0.2, 0.25) is 5.91 Å². The Morgan fingerprint density at radius 1 is 1.09 bits per heavy atom. The summed E-state index contributed by atoms with van der Waals surface area (Å²) in [5.41, 5.74) is -0.689. The van der Waals surface area contributed by atoms with Crippen LogP contribution in [-0.2, 0) is 21.0 Å². The molecule has 0 bridgehead atoms. The van der Waals surface area contributed by atoms with Gasteiger partial charge in [-0.3, -0.25) is 9.10 Å². The lowest BCUT2D eigenvalue weighted by Crippen LogP contribution is -2.38. The highest BCUT2D eigenvalue weighted by Gasteiger charge is 2.35. The number of nitrogens with one attached hydrogen (secondary N) is 1. The molecule has 0 radical (unpaired) electrons. The molecule has 186 valence electrons. The van der Waals surface area contributed by atoms with E-state index in [0.717, 1.165) is 15.9 Å². The summed E-state index contributed by atoms with van der Waals surface area (Å²) in [5, 5.41) is 1.99. The van der Waals surface area contributed by atoms with Crippen molar-refractivity contribution in [3.05, 3.63) is 81.3 Å². The maximum Gasteiger partial charge on any atom is 0.418 e. The minimum Gasteiger partial charge on any atom is -0.496 e. The van der Waals surface area contributed by atoms with E-state index < -0.39 is 39.9 Å². The van der Waals surface area contributed by atoms with Gasteiger partial charge in [0.1, 0.15) is 12.3 Å². The molecule has 1 N–H and O–H groups in total. The number of benzene rings is 3. The number of hydrogen-bond donors (Lipinski definition) is 1. The molecular weight excluding hydrogens is 573 g/mol. The Morgan fingerprint density at radius 2 is 1.74 bits per heavy atom. The summed E-state index contributed by atoms with van der Waals surface area (Å²) < 4.78 is 73.6.